The van der Waals surface area contributed by atoms with Crippen LogP contribution in [0.2, 0.25) is 0 Å². The normalized spacial score (nSPS) is 16.7. The van der Waals surface area contributed by atoms with Crippen LogP contribution in [0.5, 0.6) is 0 Å². The fourth-order valence-electron chi connectivity index (χ4n) is 2.76. The van der Waals surface area contributed by atoms with E-state index in [1.54, 1.807) is 11.3 Å². The van der Waals surface area contributed by atoms with Gasteiger partial charge in [0.25, 0.3) is 0 Å². The van der Waals surface area contributed by atoms with E-state index >= 15 is 0 Å². The monoisotopic (exact) mass is 401 g/mol. The Morgan fingerprint density at radius 1 is 1.42 bits per heavy atom. The summed E-state index contributed by atoms with van der Waals surface area (Å²) >= 11 is 1.71. The first kappa shape index (κ1) is 21.0. The number of hydrogen-bond donors (Lipinski definition) is 2. The number of nitrogens with zero attached hydrogens (tertiary/aromatic N) is 3. The Hall–Kier alpha value is -1.35. The van der Waals surface area contributed by atoms with E-state index in [0.29, 0.717) is 13.0 Å². The maximum absolute atomic E-state index is 11.3. The Morgan fingerprint density at radius 3 is 2.81 bits per heavy atom. The fourth-order valence-corrected chi connectivity index (χ4v) is 4.46. The summed E-state index contributed by atoms with van der Waals surface area (Å²) in [5, 5.41) is 9.73. The molecule has 9 heteroatoms. The highest BCUT2D eigenvalue weighted by molar-refractivity contribution is 7.90. The van der Waals surface area contributed by atoms with Gasteiger partial charge in [-0.3, -0.25) is 4.99 Å². The predicted molar refractivity (Wildman–Crippen MR) is 110 cm³/mol. The number of anilines is 1. The quantitative estimate of drug-likeness (QED) is 0.483. The number of nitrogens with one attached hydrogen (secondary N) is 2. The molecule has 1 unspecified atom stereocenters. The molecule has 2 heterocycles. The van der Waals surface area contributed by atoms with Crippen molar-refractivity contribution in [2.24, 2.45) is 4.99 Å². The Balaban J connectivity index is 1.82. The van der Waals surface area contributed by atoms with Gasteiger partial charge in [-0.1, -0.05) is 0 Å². The van der Waals surface area contributed by atoms with Crippen LogP contribution in [-0.4, -0.2) is 63.6 Å². The van der Waals surface area contributed by atoms with Crippen LogP contribution in [0.3, 0.4) is 0 Å². The van der Waals surface area contributed by atoms with Gasteiger partial charge in [0, 0.05) is 50.3 Å². The van der Waals surface area contributed by atoms with Gasteiger partial charge < -0.3 is 15.5 Å². The standard InChI is InChI=1S/C17H31N5O2S2/c1-4-18-16(20-14(2)8-12-26(3,23)24)19-9-7-15-13-25-17(21-15)22-10-5-6-11-22/h13-14H,4-12H2,1-3H3,(H2,18,19,20). The van der Waals surface area contributed by atoms with E-state index in [4.69, 9.17) is 4.98 Å². The molecule has 1 aromatic rings. The molecule has 1 aromatic heterocycles. The average Bonchev–Trinajstić information content (AvgIpc) is 3.23. The minimum Gasteiger partial charge on any atom is -0.357 e. The third kappa shape index (κ3) is 7.49. The highest BCUT2D eigenvalue weighted by Gasteiger charge is 2.15. The van der Waals surface area contributed by atoms with Crippen molar-refractivity contribution >= 4 is 32.3 Å². The van der Waals surface area contributed by atoms with Gasteiger partial charge in [-0.25, -0.2) is 13.4 Å². The number of hydrogen-bond acceptors (Lipinski definition) is 6. The average molecular weight is 402 g/mol. The number of aliphatic imine (C=N–C) groups is 1. The van der Waals surface area contributed by atoms with Gasteiger partial charge in [0.15, 0.2) is 11.1 Å². The summed E-state index contributed by atoms with van der Waals surface area (Å²) in [5.41, 5.74) is 1.08. The molecule has 1 atom stereocenters. The molecule has 2 N–H and O–H groups in total. The minimum atomic E-state index is -2.94. The lowest BCUT2D eigenvalue weighted by atomic mass is 10.3. The maximum atomic E-state index is 11.3. The van der Waals surface area contributed by atoms with Crippen molar-refractivity contribution in [2.45, 2.75) is 45.6 Å². The van der Waals surface area contributed by atoms with Crippen LogP contribution < -0.4 is 15.5 Å². The zero-order valence-electron chi connectivity index (χ0n) is 16.0. The van der Waals surface area contributed by atoms with Gasteiger partial charge in [-0.2, -0.15) is 0 Å². The molecule has 0 aromatic carbocycles. The Bertz CT molecular complexity index is 681. The summed E-state index contributed by atoms with van der Waals surface area (Å²) in [7, 11) is -2.94. The number of thiazole rings is 1. The van der Waals surface area contributed by atoms with Gasteiger partial charge in [-0.05, 0) is 33.1 Å². The topological polar surface area (TPSA) is 86.7 Å². The second-order valence-corrected chi connectivity index (χ2v) is 9.89. The van der Waals surface area contributed by atoms with Gasteiger partial charge in [0.05, 0.1) is 11.4 Å². The number of rotatable bonds is 9. The fraction of sp³-hybridized carbons (Fsp3) is 0.765. The van der Waals surface area contributed by atoms with Crippen molar-refractivity contribution in [3.05, 3.63) is 11.1 Å². The smallest absolute Gasteiger partial charge is 0.191 e. The van der Waals surface area contributed by atoms with E-state index in [2.05, 4.69) is 25.9 Å². The molecule has 0 bridgehead atoms. The molecule has 1 saturated heterocycles. The van der Waals surface area contributed by atoms with Gasteiger partial charge >= 0.3 is 0 Å². The van der Waals surface area contributed by atoms with Crippen molar-refractivity contribution in [2.75, 3.05) is 43.1 Å². The Morgan fingerprint density at radius 2 is 2.15 bits per heavy atom. The largest absolute Gasteiger partial charge is 0.357 e. The number of sulfone groups is 1. The molecule has 2 rings (SSSR count). The first-order valence-corrected chi connectivity index (χ1v) is 12.2. The van der Waals surface area contributed by atoms with E-state index in [-0.39, 0.29) is 11.8 Å². The van der Waals surface area contributed by atoms with Crippen LogP contribution in [0, 0.1) is 0 Å². The zero-order valence-corrected chi connectivity index (χ0v) is 17.6. The molecular weight excluding hydrogens is 370 g/mol. The third-order valence-electron chi connectivity index (χ3n) is 4.20. The molecule has 0 amide bonds. The van der Waals surface area contributed by atoms with Crippen molar-refractivity contribution in [3.8, 4) is 0 Å². The van der Waals surface area contributed by atoms with Crippen LogP contribution >= 0.6 is 11.3 Å². The van der Waals surface area contributed by atoms with Gasteiger partial charge in [-0.15, -0.1) is 11.3 Å². The van der Waals surface area contributed by atoms with Gasteiger partial charge in [0.1, 0.15) is 9.84 Å². The molecule has 0 spiro atoms. The van der Waals surface area contributed by atoms with Crippen LogP contribution in [0.1, 0.15) is 38.8 Å². The SMILES string of the molecule is CCNC(=NCCc1csc(N2CCCC2)n1)NC(C)CCS(C)(=O)=O. The summed E-state index contributed by atoms with van der Waals surface area (Å²) < 4.78 is 22.6. The van der Waals surface area contributed by atoms with Gasteiger partial charge in [0.2, 0.25) is 0 Å². The van der Waals surface area contributed by atoms with Crippen molar-refractivity contribution < 1.29 is 8.42 Å². The highest BCUT2D eigenvalue weighted by atomic mass is 32.2. The molecule has 7 nitrogen and oxygen atoms in total. The molecule has 0 radical (unpaired) electrons. The van der Waals surface area contributed by atoms with Crippen molar-refractivity contribution in [1.82, 2.24) is 15.6 Å². The van der Waals surface area contributed by atoms with E-state index < -0.39 is 9.84 Å². The summed E-state index contributed by atoms with van der Waals surface area (Å²) in [4.78, 5) is 11.7. The van der Waals surface area contributed by atoms with Crippen LogP contribution in [0.15, 0.2) is 10.4 Å². The third-order valence-corrected chi connectivity index (χ3v) is 6.13. The Kier molecular flexibility index (Phi) is 8.15. The summed E-state index contributed by atoms with van der Waals surface area (Å²) in [5.74, 6) is 0.905. The number of guanidine groups is 1. The second kappa shape index (κ2) is 10.1. The molecule has 148 valence electrons. The summed E-state index contributed by atoms with van der Waals surface area (Å²) in [6, 6.07) is 0.0450. The Labute approximate surface area is 161 Å². The summed E-state index contributed by atoms with van der Waals surface area (Å²) in [6.45, 7) is 7.63. The lowest BCUT2D eigenvalue weighted by Crippen LogP contribution is -2.43. The molecule has 1 fully saturated rings. The highest BCUT2D eigenvalue weighted by Crippen LogP contribution is 2.24. The molecule has 1 aliphatic heterocycles. The van der Waals surface area contributed by atoms with Crippen molar-refractivity contribution in [3.63, 3.8) is 0 Å². The van der Waals surface area contributed by atoms with Crippen LogP contribution in [0.4, 0.5) is 5.13 Å². The number of aromatic nitrogens is 1. The maximum Gasteiger partial charge on any atom is 0.191 e. The van der Waals surface area contributed by atoms with Crippen molar-refractivity contribution in [1.29, 1.82) is 0 Å². The first-order chi connectivity index (χ1) is 12.4. The van der Waals surface area contributed by atoms with E-state index in [1.165, 1.54) is 19.1 Å². The molecule has 1 aliphatic rings. The van der Waals surface area contributed by atoms with E-state index in [0.717, 1.165) is 42.8 Å². The molecule has 0 saturated carbocycles. The zero-order chi connectivity index (χ0) is 19.0. The predicted octanol–water partition coefficient (Wildman–Crippen LogP) is 1.66. The summed E-state index contributed by atoms with van der Waals surface area (Å²) in [6.07, 6.45) is 5.15. The van der Waals surface area contributed by atoms with Crippen LogP contribution in [0.25, 0.3) is 0 Å². The van der Waals surface area contributed by atoms with E-state index in [9.17, 15) is 8.42 Å². The first-order valence-electron chi connectivity index (χ1n) is 9.29. The molecular formula is C17H31N5O2S2. The second-order valence-electron chi connectivity index (χ2n) is 6.79. The van der Waals surface area contributed by atoms with Crippen LogP contribution in [-0.2, 0) is 16.3 Å². The lowest BCUT2D eigenvalue weighted by molar-refractivity contribution is 0.581. The molecule has 26 heavy (non-hydrogen) atoms. The van der Waals surface area contributed by atoms with E-state index in [1.807, 2.05) is 13.8 Å². The lowest BCUT2D eigenvalue weighted by Gasteiger charge is -2.17. The minimum absolute atomic E-state index is 0.0450. The molecule has 0 aliphatic carbocycles.